The van der Waals surface area contributed by atoms with Gasteiger partial charge in [-0.25, -0.2) is 4.39 Å². The quantitative estimate of drug-likeness (QED) is 0.875. The molecule has 2 nitrogen and oxygen atoms in total. The van der Waals surface area contributed by atoms with Crippen LogP contribution in [0.1, 0.15) is 29.8 Å². The normalized spacial score (nSPS) is 11.2. The fourth-order valence-corrected chi connectivity index (χ4v) is 2.51. The lowest BCUT2D eigenvalue weighted by Gasteiger charge is -2.25. The molecule has 21 heavy (non-hydrogen) atoms. The lowest BCUT2D eigenvalue weighted by Crippen LogP contribution is -2.36. The molecule has 2 rings (SSSR count). The minimum absolute atomic E-state index is 0.127. The molecule has 0 saturated carbocycles. The maximum absolute atomic E-state index is 13.0. The van der Waals surface area contributed by atoms with Gasteiger partial charge in [-0.05, 0) is 45.8 Å². The van der Waals surface area contributed by atoms with Gasteiger partial charge in [-0.15, -0.1) is 0 Å². The molecule has 2 aromatic rings. The van der Waals surface area contributed by atoms with Crippen LogP contribution in [0.2, 0.25) is 0 Å². The van der Waals surface area contributed by atoms with Gasteiger partial charge in [-0.2, -0.15) is 0 Å². The van der Waals surface area contributed by atoms with Crippen LogP contribution in [-0.2, 0) is 5.41 Å². The van der Waals surface area contributed by atoms with Crippen LogP contribution in [-0.4, -0.2) is 12.5 Å². The van der Waals surface area contributed by atoms with E-state index in [1.807, 2.05) is 32.0 Å². The fourth-order valence-electron chi connectivity index (χ4n) is 2.04. The van der Waals surface area contributed by atoms with Crippen molar-refractivity contribution in [1.82, 2.24) is 5.32 Å². The summed E-state index contributed by atoms with van der Waals surface area (Å²) in [5.74, 6) is -0.385. The number of nitrogens with one attached hydrogen (secondary N) is 1. The van der Waals surface area contributed by atoms with Crippen molar-refractivity contribution in [3.8, 4) is 0 Å². The van der Waals surface area contributed by atoms with E-state index >= 15 is 0 Å². The smallest absolute Gasteiger partial charge is 0.252 e. The Morgan fingerprint density at radius 2 is 1.76 bits per heavy atom. The van der Waals surface area contributed by atoms with E-state index in [1.165, 1.54) is 12.1 Å². The topological polar surface area (TPSA) is 29.1 Å². The molecule has 0 bridgehead atoms. The Morgan fingerprint density at radius 1 is 1.14 bits per heavy atom. The van der Waals surface area contributed by atoms with Gasteiger partial charge in [0.25, 0.3) is 5.91 Å². The Bertz CT molecular complexity index is 637. The standard InChI is InChI=1S/C17H17BrFNO/c1-17(2,12-7-9-13(19)10-8-12)11-20-16(21)14-5-3-4-6-15(14)18/h3-10H,11H2,1-2H3,(H,20,21). The second kappa shape index (κ2) is 6.39. The minimum atomic E-state index is -0.273. The van der Waals surface area contributed by atoms with Gasteiger partial charge in [-0.1, -0.05) is 38.1 Å². The molecule has 0 spiro atoms. The van der Waals surface area contributed by atoms with Gasteiger partial charge in [-0.3, -0.25) is 4.79 Å². The monoisotopic (exact) mass is 349 g/mol. The van der Waals surface area contributed by atoms with E-state index in [0.29, 0.717) is 12.1 Å². The van der Waals surface area contributed by atoms with Crippen molar-refractivity contribution in [2.24, 2.45) is 0 Å². The summed E-state index contributed by atoms with van der Waals surface area (Å²) in [6.45, 7) is 4.50. The Labute approximate surface area is 132 Å². The number of hydrogen-bond donors (Lipinski definition) is 1. The highest BCUT2D eigenvalue weighted by atomic mass is 79.9. The highest BCUT2D eigenvalue weighted by Gasteiger charge is 2.22. The van der Waals surface area contributed by atoms with Gasteiger partial charge < -0.3 is 5.32 Å². The van der Waals surface area contributed by atoms with Gasteiger partial charge in [0.2, 0.25) is 0 Å². The zero-order valence-corrected chi connectivity index (χ0v) is 13.6. The third-order valence-electron chi connectivity index (χ3n) is 3.44. The lowest BCUT2D eigenvalue weighted by atomic mass is 9.84. The van der Waals surface area contributed by atoms with Crippen molar-refractivity contribution >= 4 is 21.8 Å². The van der Waals surface area contributed by atoms with E-state index in [1.54, 1.807) is 18.2 Å². The van der Waals surface area contributed by atoms with E-state index < -0.39 is 0 Å². The summed E-state index contributed by atoms with van der Waals surface area (Å²) in [6, 6.07) is 13.7. The van der Waals surface area contributed by atoms with Crippen LogP contribution in [0, 0.1) is 5.82 Å². The summed E-state index contributed by atoms with van der Waals surface area (Å²) in [5.41, 5.74) is 1.31. The molecular weight excluding hydrogens is 333 g/mol. The van der Waals surface area contributed by atoms with Crippen molar-refractivity contribution in [3.05, 3.63) is 69.9 Å². The number of carbonyl (C=O) groups is 1. The molecule has 0 fully saturated rings. The zero-order valence-electron chi connectivity index (χ0n) is 12.0. The number of benzene rings is 2. The molecule has 0 heterocycles. The van der Waals surface area contributed by atoms with Crippen molar-refractivity contribution in [2.45, 2.75) is 19.3 Å². The first-order valence-electron chi connectivity index (χ1n) is 6.69. The minimum Gasteiger partial charge on any atom is -0.351 e. The summed E-state index contributed by atoms with van der Waals surface area (Å²) in [4.78, 5) is 12.2. The van der Waals surface area contributed by atoms with Crippen LogP contribution in [0.4, 0.5) is 4.39 Å². The molecule has 0 atom stereocenters. The van der Waals surface area contributed by atoms with Crippen molar-refractivity contribution < 1.29 is 9.18 Å². The number of hydrogen-bond acceptors (Lipinski definition) is 1. The lowest BCUT2D eigenvalue weighted by molar-refractivity contribution is 0.0945. The van der Waals surface area contributed by atoms with E-state index in [4.69, 9.17) is 0 Å². The van der Waals surface area contributed by atoms with Crippen LogP contribution in [0.5, 0.6) is 0 Å². The van der Waals surface area contributed by atoms with Gasteiger partial charge in [0.05, 0.1) is 5.56 Å². The molecule has 4 heteroatoms. The van der Waals surface area contributed by atoms with Crippen LogP contribution in [0.3, 0.4) is 0 Å². The van der Waals surface area contributed by atoms with Crippen LogP contribution >= 0.6 is 15.9 Å². The van der Waals surface area contributed by atoms with Crippen LogP contribution in [0.15, 0.2) is 53.0 Å². The SMILES string of the molecule is CC(C)(CNC(=O)c1ccccc1Br)c1ccc(F)cc1. The Morgan fingerprint density at radius 3 is 2.38 bits per heavy atom. The summed E-state index contributed by atoms with van der Waals surface area (Å²) in [6.07, 6.45) is 0. The molecule has 110 valence electrons. The summed E-state index contributed by atoms with van der Waals surface area (Å²) < 4.78 is 13.7. The van der Waals surface area contributed by atoms with E-state index in [-0.39, 0.29) is 17.1 Å². The van der Waals surface area contributed by atoms with Gasteiger partial charge in [0, 0.05) is 16.4 Å². The van der Waals surface area contributed by atoms with E-state index in [0.717, 1.165) is 10.0 Å². The highest BCUT2D eigenvalue weighted by Crippen LogP contribution is 2.23. The molecule has 1 amide bonds. The second-order valence-corrected chi connectivity index (χ2v) is 6.41. The summed E-state index contributed by atoms with van der Waals surface area (Å²) in [5, 5.41) is 2.93. The molecule has 1 N–H and O–H groups in total. The molecule has 0 saturated heterocycles. The van der Waals surface area contributed by atoms with Gasteiger partial charge in [0.1, 0.15) is 5.82 Å². The van der Waals surface area contributed by atoms with Crippen molar-refractivity contribution in [2.75, 3.05) is 6.54 Å². The molecule has 0 aliphatic carbocycles. The first-order chi connectivity index (χ1) is 9.90. The first-order valence-corrected chi connectivity index (χ1v) is 7.48. The molecule has 0 aromatic heterocycles. The van der Waals surface area contributed by atoms with E-state index in [9.17, 15) is 9.18 Å². The Balaban J connectivity index is 2.06. The second-order valence-electron chi connectivity index (χ2n) is 5.55. The average molecular weight is 350 g/mol. The Kier molecular flexibility index (Phi) is 4.78. The van der Waals surface area contributed by atoms with Crippen molar-refractivity contribution in [1.29, 1.82) is 0 Å². The molecular formula is C17H17BrFNO. The van der Waals surface area contributed by atoms with E-state index in [2.05, 4.69) is 21.2 Å². The summed E-state index contributed by atoms with van der Waals surface area (Å²) in [7, 11) is 0. The summed E-state index contributed by atoms with van der Waals surface area (Å²) >= 11 is 3.37. The van der Waals surface area contributed by atoms with Crippen molar-refractivity contribution in [3.63, 3.8) is 0 Å². The maximum atomic E-state index is 13.0. The zero-order chi connectivity index (χ0) is 15.5. The number of carbonyl (C=O) groups excluding carboxylic acids is 1. The highest BCUT2D eigenvalue weighted by molar-refractivity contribution is 9.10. The number of amides is 1. The largest absolute Gasteiger partial charge is 0.351 e. The fraction of sp³-hybridized carbons (Fsp3) is 0.235. The maximum Gasteiger partial charge on any atom is 0.252 e. The first kappa shape index (κ1) is 15.7. The average Bonchev–Trinajstić information content (AvgIpc) is 2.46. The Hall–Kier alpha value is -1.68. The molecule has 0 radical (unpaired) electrons. The third-order valence-corrected chi connectivity index (χ3v) is 4.13. The number of rotatable bonds is 4. The van der Waals surface area contributed by atoms with Crippen LogP contribution < -0.4 is 5.32 Å². The van der Waals surface area contributed by atoms with Crippen LogP contribution in [0.25, 0.3) is 0 Å². The number of halogens is 2. The molecule has 2 aromatic carbocycles. The molecule has 0 aliphatic heterocycles. The van der Waals surface area contributed by atoms with Gasteiger partial charge >= 0.3 is 0 Å². The predicted molar refractivity (Wildman–Crippen MR) is 85.9 cm³/mol. The van der Waals surface area contributed by atoms with Gasteiger partial charge in [0.15, 0.2) is 0 Å². The third kappa shape index (κ3) is 3.91. The predicted octanol–water partition coefficient (Wildman–Crippen LogP) is 4.30. The molecule has 0 aliphatic rings. The molecule has 0 unspecified atom stereocenters.